The second kappa shape index (κ2) is 10.2. The molecule has 1 aromatic carbocycles. The molecule has 160 valence electrons. The van der Waals surface area contributed by atoms with Gasteiger partial charge in [-0.1, -0.05) is 23.9 Å². The zero-order chi connectivity index (χ0) is 21.8. The summed E-state index contributed by atoms with van der Waals surface area (Å²) in [5.74, 6) is -1.01. The van der Waals surface area contributed by atoms with E-state index in [9.17, 15) is 20.2 Å². The van der Waals surface area contributed by atoms with Gasteiger partial charge in [0, 0.05) is 35.9 Å². The van der Waals surface area contributed by atoms with Crippen LogP contribution in [0.4, 0.5) is 5.69 Å². The number of carbonyl (C=O) groups is 1. The number of benzene rings is 1. The summed E-state index contributed by atoms with van der Waals surface area (Å²) in [6, 6.07) is 12.4. The summed E-state index contributed by atoms with van der Waals surface area (Å²) in [5, 5.41) is 25.1. The van der Waals surface area contributed by atoms with Gasteiger partial charge in [-0.3, -0.25) is 14.9 Å². The van der Waals surface area contributed by atoms with Crippen molar-refractivity contribution in [3.63, 3.8) is 0 Å². The van der Waals surface area contributed by atoms with Crippen LogP contribution in [-0.4, -0.2) is 16.6 Å². The van der Waals surface area contributed by atoms with Crippen LogP contribution in [0, 0.1) is 21.4 Å². The van der Waals surface area contributed by atoms with E-state index in [1.165, 1.54) is 12.1 Å². The largest absolute Gasteiger partial charge is 1.00 e. The van der Waals surface area contributed by atoms with Crippen molar-refractivity contribution in [1.29, 1.82) is 5.26 Å². The van der Waals surface area contributed by atoms with Gasteiger partial charge >= 0.3 is 0 Å². The molecule has 10 heteroatoms. The number of pyridine rings is 1. The topological polar surface area (TPSA) is 126 Å². The highest BCUT2D eigenvalue weighted by Crippen LogP contribution is 2.45. The molecule has 0 aliphatic carbocycles. The van der Waals surface area contributed by atoms with E-state index in [0.717, 1.165) is 28.6 Å². The van der Waals surface area contributed by atoms with Gasteiger partial charge in [0.2, 0.25) is 5.91 Å². The fraction of sp³-hybridized carbons (Fsp3) is 0.190. The predicted molar refractivity (Wildman–Crippen MR) is 113 cm³/mol. The van der Waals surface area contributed by atoms with Gasteiger partial charge in [0.1, 0.15) is 7.05 Å². The highest BCUT2D eigenvalue weighted by Gasteiger charge is 2.32. The SMILES string of the molecule is CC1=C(c2cc[n+](C)cc2)C(c2cccc([N+](=O)[O-])c2)C(C#N)=C(SCC(N)=O)N1.[Br-]. The molecule has 0 saturated heterocycles. The number of nitriles is 1. The van der Waals surface area contributed by atoms with Crippen LogP contribution in [0.5, 0.6) is 0 Å². The van der Waals surface area contributed by atoms with E-state index in [-0.39, 0.29) is 28.4 Å². The molecule has 0 bridgehead atoms. The summed E-state index contributed by atoms with van der Waals surface area (Å²) in [4.78, 5) is 22.2. The van der Waals surface area contributed by atoms with Crippen molar-refractivity contribution in [2.45, 2.75) is 12.8 Å². The zero-order valence-corrected chi connectivity index (χ0v) is 19.2. The number of carbonyl (C=O) groups excluding carboxylic acids is 1. The lowest BCUT2D eigenvalue weighted by atomic mass is 9.79. The lowest BCUT2D eigenvalue weighted by Gasteiger charge is -2.30. The van der Waals surface area contributed by atoms with Gasteiger partial charge in [-0.05, 0) is 23.6 Å². The maximum Gasteiger partial charge on any atom is 0.269 e. The molecular weight excluding hydrogens is 482 g/mol. The summed E-state index contributed by atoms with van der Waals surface area (Å²) in [6.45, 7) is 1.88. The van der Waals surface area contributed by atoms with E-state index in [0.29, 0.717) is 16.2 Å². The van der Waals surface area contributed by atoms with Gasteiger partial charge in [0.05, 0.1) is 27.3 Å². The molecule has 3 rings (SSSR count). The number of nitrogens with two attached hydrogens (primary N) is 1. The third-order valence-electron chi connectivity index (χ3n) is 4.71. The van der Waals surface area contributed by atoms with Gasteiger partial charge in [-0.15, -0.1) is 0 Å². The Labute approximate surface area is 194 Å². The maximum absolute atomic E-state index is 11.3. The quantitative estimate of drug-likeness (QED) is 0.312. The number of aromatic nitrogens is 1. The second-order valence-electron chi connectivity index (χ2n) is 6.81. The summed E-state index contributed by atoms with van der Waals surface area (Å²) in [7, 11) is 1.90. The number of nitrogens with zero attached hydrogens (tertiary/aromatic N) is 3. The Morgan fingerprint density at radius 3 is 2.61 bits per heavy atom. The van der Waals surface area contributed by atoms with E-state index in [4.69, 9.17) is 5.73 Å². The Bertz CT molecular complexity index is 1120. The smallest absolute Gasteiger partial charge is 0.269 e. The Morgan fingerprint density at radius 1 is 1.35 bits per heavy atom. The van der Waals surface area contributed by atoms with Crippen LogP contribution in [0.1, 0.15) is 24.0 Å². The molecule has 2 aromatic rings. The number of rotatable bonds is 6. The van der Waals surface area contributed by atoms with Crippen molar-refractivity contribution < 1.29 is 31.3 Å². The summed E-state index contributed by atoms with van der Waals surface area (Å²) < 4.78 is 1.90. The lowest BCUT2D eigenvalue weighted by molar-refractivity contribution is -0.671. The molecule has 1 atom stereocenters. The monoisotopic (exact) mass is 501 g/mol. The highest BCUT2D eigenvalue weighted by molar-refractivity contribution is 8.03. The first-order valence-corrected chi connectivity index (χ1v) is 10.0. The number of allylic oxidation sites excluding steroid dienone is 3. The van der Waals surface area contributed by atoms with Crippen molar-refractivity contribution in [3.8, 4) is 6.07 Å². The molecule has 31 heavy (non-hydrogen) atoms. The number of thioether (sulfide) groups is 1. The van der Waals surface area contributed by atoms with E-state index in [1.54, 1.807) is 12.1 Å². The van der Waals surface area contributed by atoms with Crippen molar-refractivity contribution in [2.75, 3.05) is 5.75 Å². The van der Waals surface area contributed by atoms with E-state index >= 15 is 0 Å². The van der Waals surface area contributed by atoms with Crippen LogP contribution in [0.3, 0.4) is 0 Å². The first-order chi connectivity index (χ1) is 14.3. The molecule has 2 heterocycles. The van der Waals surface area contributed by atoms with Crippen LogP contribution in [0.25, 0.3) is 5.57 Å². The fourth-order valence-electron chi connectivity index (χ4n) is 3.38. The number of nitro groups is 1. The Kier molecular flexibility index (Phi) is 7.96. The predicted octanol–water partition coefficient (Wildman–Crippen LogP) is -0.505. The molecule has 0 radical (unpaired) electrons. The average Bonchev–Trinajstić information content (AvgIpc) is 2.72. The third-order valence-corrected chi connectivity index (χ3v) is 5.75. The second-order valence-corrected chi connectivity index (χ2v) is 7.80. The lowest BCUT2D eigenvalue weighted by Crippen LogP contribution is -3.00. The molecule has 0 spiro atoms. The number of non-ortho nitro benzene ring substituents is 1. The first-order valence-electron chi connectivity index (χ1n) is 9.05. The minimum atomic E-state index is -0.528. The number of nitrogens with one attached hydrogen (secondary N) is 1. The molecule has 0 saturated carbocycles. The number of dihydropyridines is 1. The highest BCUT2D eigenvalue weighted by atomic mass is 79.9. The molecule has 1 aliphatic rings. The summed E-state index contributed by atoms with van der Waals surface area (Å²) in [6.07, 6.45) is 3.79. The summed E-state index contributed by atoms with van der Waals surface area (Å²) >= 11 is 1.15. The van der Waals surface area contributed by atoms with Gasteiger partial charge in [0.15, 0.2) is 12.4 Å². The fourth-order valence-corrected chi connectivity index (χ4v) is 4.22. The van der Waals surface area contributed by atoms with Crippen LogP contribution in [-0.2, 0) is 11.8 Å². The Balaban J connectivity index is 0.00000341. The zero-order valence-electron chi connectivity index (χ0n) is 16.8. The van der Waals surface area contributed by atoms with Gasteiger partial charge in [-0.25, -0.2) is 4.57 Å². The number of halogens is 1. The van der Waals surface area contributed by atoms with Crippen molar-refractivity contribution >= 4 is 28.9 Å². The number of hydrogen-bond donors (Lipinski definition) is 2. The normalized spacial score (nSPS) is 15.6. The summed E-state index contributed by atoms with van der Waals surface area (Å²) in [5.41, 5.74) is 8.77. The minimum absolute atomic E-state index is 0. The van der Waals surface area contributed by atoms with Crippen LogP contribution >= 0.6 is 11.8 Å². The molecule has 3 N–H and O–H groups in total. The third kappa shape index (κ3) is 5.31. The molecule has 1 unspecified atom stereocenters. The van der Waals surface area contributed by atoms with Gasteiger partial charge in [-0.2, -0.15) is 5.26 Å². The maximum atomic E-state index is 11.3. The standard InChI is InChI=1S/C21H19N5O3S.BrH/c1-13-19(14-6-8-25(2)9-7-14)20(15-4-3-5-16(10-15)26(28)29)17(11-22)21(24-13)30-12-18(23)27;/h3-10,20H,12H2,1-2H3,(H2,23,27);1H. The van der Waals surface area contributed by atoms with Gasteiger partial charge < -0.3 is 28.0 Å². The van der Waals surface area contributed by atoms with Crippen LogP contribution in [0.15, 0.2) is 65.1 Å². The van der Waals surface area contributed by atoms with E-state index < -0.39 is 16.7 Å². The molecule has 1 aromatic heterocycles. The van der Waals surface area contributed by atoms with Crippen molar-refractivity contribution in [3.05, 3.63) is 86.3 Å². The molecular formula is C21H20BrN5O3S. The molecule has 1 aliphatic heterocycles. The van der Waals surface area contributed by atoms with Crippen LogP contribution < -0.4 is 32.6 Å². The number of aryl methyl sites for hydroxylation is 1. The average molecular weight is 502 g/mol. The number of nitro benzene ring substituents is 1. The van der Waals surface area contributed by atoms with Gasteiger partial charge in [0.25, 0.3) is 5.69 Å². The minimum Gasteiger partial charge on any atom is -1.00 e. The number of primary amides is 1. The van der Waals surface area contributed by atoms with Crippen LogP contribution in [0.2, 0.25) is 0 Å². The van der Waals surface area contributed by atoms with Crippen molar-refractivity contribution in [1.82, 2.24) is 5.32 Å². The molecule has 8 nitrogen and oxygen atoms in total. The number of amides is 1. The number of hydrogen-bond acceptors (Lipinski definition) is 6. The Hall–Kier alpha value is -3.16. The molecule has 0 fully saturated rings. The first kappa shape index (κ1) is 24.1. The van der Waals surface area contributed by atoms with E-state index in [2.05, 4.69) is 11.4 Å². The molecule has 1 amide bonds. The van der Waals surface area contributed by atoms with E-state index in [1.807, 2.05) is 43.1 Å². The van der Waals surface area contributed by atoms with Crippen molar-refractivity contribution in [2.24, 2.45) is 12.8 Å². The Morgan fingerprint density at radius 2 is 2.03 bits per heavy atom.